The van der Waals surface area contributed by atoms with Crippen LogP contribution in [0.15, 0.2) is 24.3 Å². The number of carbonyl (C=O) groups is 1. The molecular weight excluding hydrogens is 250 g/mol. The number of benzene rings is 1. The summed E-state index contributed by atoms with van der Waals surface area (Å²) in [7, 11) is 0. The molecule has 0 saturated carbocycles. The highest BCUT2D eigenvalue weighted by Crippen LogP contribution is 2.17. The van der Waals surface area contributed by atoms with Crippen molar-refractivity contribution in [1.82, 2.24) is 9.80 Å². The molecule has 4 heteroatoms. The highest BCUT2D eigenvalue weighted by molar-refractivity contribution is 5.79. The SMILES string of the molecule is CCN(CC)C1CCN(C(=O)Cc2cccc(N)c2)C1. The maximum Gasteiger partial charge on any atom is 0.227 e. The molecule has 4 nitrogen and oxygen atoms in total. The van der Waals surface area contributed by atoms with Crippen LogP contribution in [0.1, 0.15) is 25.8 Å². The number of hydrogen-bond acceptors (Lipinski definition) is 3. The van der Waals surface area contributed by atoms with Crippen molar-refractivity contribution in [3.63, 3.8) is 0 Å². The summed E-state index contributed by atoms with van der Waals surface area (Å²) in [5.74, 6) is 0.213. The minimum Gasteiger partial charge on any atom is -0.399 e. The molecule has 1 aliphatic rings. The lowest BCUT2D eigenvalue weighted by atomic mass is 10.1. The molecule has 1 fully saturated rings. The fourth-order valence-electron chi connectivity index (χ4n) is 3.00. The topological polar surface area (TPSA) is 49.6 Å². The molecule has 1 aliphatic heterocycles. The van der Waals surface area contributed by atoms with Gasteiger partial charge in [-0.05, 0) is 37.2 Å². The Kier molecular flexibility index (Phi) is 5.01. The Labute approximate surface area is 121 Å². The Morgan fingerprint density at radius 1 is 1.40 bits per heavy atom. The highest BCUT2D eigenvalue weighted by Gasteiger charge is 2.28. The van der Waals surface area contributed by atoms with E-state index in [2.05, 4.69) is 18.7 Å². The average molecular weight is 275 g/mol. The second-order valence-electron chi connectivity index (χ2n) is 5.43. The number of amides is 1. The zero-order valence-electron chi connectivity index (χ0n) is 12.5. The van der Waals surface area contributed by atoms with Crippen LogP contribution < -0.4 is 5.73 Å². The van der Waals surface area contributed by atoms with Gasteiger partial charge in [-0.2, -0.15) is 0 Å². The summed E-state index contributed by atoms with van der Waals surface area (Å²) in [5.41, 5.74) is 7.48. The average Bonchev–Trinajstić information content (AvgIpc) is 2.90. The molecule has 0 spiro atoms. The normalized spacial score (nSPS) is 18.8. The van der Waals surface area contributed by atoms with Crippen molar-refractivity contribution < 1.29 is 4.79 Å². The van der Waals surface area contributed by atoms with Crippen molar-refractivity contribution in [1.29, 1.82) is 0 Å². The standard InChI is InChI=1S/C16H25N3O/c1-3-18(4-2)15-8-9-19(12-15)16(20)11-13-6-5-7-14(17)10-13/h5-7,10,15H,3-4,8-9,11-12,17H2,1-2H3. The number of anilines is 1. The van der Waals surface area contributed by atoms with E-state index in [0.717, 1.165) is 43.9 Å². The van der Waals surface area contributed by atoms with Crippen molar-refractivity contribution in [2.24, 2.45) is 0 Å². The van der Waals surface area contributed by atoms with Crippen LogP contribution in [0.3, 0.4) is 0 Å². The molecule has 1 unspecified atom stereocenters. The predicted octanol–water partition coefficient (Wildman–Crippen LogP) is 1.75. The molecule has 0 bridgehead atoms. The van der Waals surface area contributed by atoms with Crippen LogP contribution in [0, 0.1) is 0 Å². The van der Waals surface area contributed by atoms with Crippen molar-refractivity contribution in [3.05, 3.63) is 29.8 Å². The first-order valence-corrected chi connectivity index (χ1v) is 7.50. The molecule has 1 aromatic rings. The van der Waals surface area contributed by atoms with E-state index in [1.165, 1.54) is 0 Å². The van der Waals surface area contributed by atoms with Crippen LogP contribution in [0.4, 0.5) is 5.69 Å². The van der Waals surface area contributed by atoms with Crippen molar-refractivity contribution in [2.45, 2.75) is 32.7 Å². The molecule has 0 aliphatic carbocycles. The van der Waals surface area contributed by atoms with Gasteiger partial charge >= 0.3 is 0 Å². The minimum absolute atomic E-state index is 0.213. The summed E-state index contributed by atoms with van der Waals surface area (Å²) >= 11 is 0. The summed E-state index contributed by atoms with van der Waals surface area (Å²) in [4.78, 5) is 16.8. The van der Waals surface area contributed by atoms with Crippen molar-refractivity contribution >= 4 is 11.6 Å². The van der Waals surface area contributed by atoms with Gasteiger partial charge in [0.05, 0.1) is 6.42 Å². The predicted molar refractivity (Wildman–Crippen MR) is 82.5 cm³/mol. The molecule has 0 radical (unpaired) electrons. The molecule has 1 atom stereocenters. The number of hydrogen-bond donors (Lipinski definition) is 1. The Balaban J connectivity index is 1.91. The minimum atomic E-state index is 0.213. The van der Waals surface area contributed by atoms with E-state index < -0.39 is 0 Å². The number of nitrogens with two attached hydrogens (primary N) is 1. The molecule has 110 valence electrons. The van der Waals surface area contributed by atoms with E-state index in [1.807, 2.05) is 29.2 Å². The van der Waals surface area contributed by atoms with Gasteiger partial charge in [-0.3, -0.25) is 9.69 Å². The van der Waals surface area contributed by atoms with Gasteiger partial charge in [0.1, 0.15) is 0 Å². The summed E-state index contributed by atoms with van der Waals surface area (Å²) in [6, 6.07) is 8.12. The molecule has 1 saturated heterocycles. The van der Waals surface area contributed by atoms with Crippen molar-refractivity contribution in [2.75, 3.05) is 31.9 Å². The van der Waals surface area contributed by atoms with Gasteiger partial charge in [-0.1, -0.05) is 26.0 Å². The van der Waals surface area contributed by atoms with Crippen LogP contribution >= 0.6 is 0 Å². The third-order valence-corrected chi connectivity index (χ3v) is 4.15. The van der Waals surface area contributed by atoms with E-state index in [1.54, 1.807) is 0 Å². The molecule has 2 N–H and O–H groups in total. The zero-order valence-corrected chi connectivity index (χ0v) is 12.5. The first-order chi connectivity index (χ1) is 9.63. The largest absolute Gasteiger partial charge is 0.399 e. The summed E-state index contributed by atoms with van der Waals surface area (Å²) < 4.78 is 0. The number of nitrogens with zero attached hydrogens (tertiary/aromatic N) is 2. The molecule has 2 rings (SSSR count). The smallest absolute Gasteiger partial charge is 0.227 e. The van der Waals surface area contributed by atoms with Gasteiger partial charge in [0, 0.05) is 24.8 Å². The van der Waals surface area contributed by atoms with Crippen LogP contribution in [0.5, 0.6) is 0 Å². The summed E-state index contributed by atoms with van der Waals surface area (Å²) in [6.45, 7) is 8.21. The number of nitrogen functional groups attached to an aromatic ring is 1. The number of likely N-dealkylation sites (N-methyl/N-ethyl adjacent to an activating group) is 1. The Bertz CT molecular complexity index is 457. The van der Waals surface area contributed by atoms with Crippen LogP contribution in [-0.2, 0) is 11.2 Å². The van der Waals surface area contributed by atoms with Gasteiger partial charge in [0.2, 0.25) is 5.91 Å². The Morgan fingerprint density at radius 2 is 2.15 bits per heavy atom. The second-order valence-corrected chi connectivity index (χ2v) is 5.43. The lowest BCUT2D eigenvalue weighted by Crippen LogP contribution is -2.39. The van der Waals surface area contributed by atoms with Gasteiger partial charge in [0.15, 0.2) is 0 Å². The van der Waals surface area contributed by atoms with Gasteiger partial charge in [0.25, 0.3) is 0 Å². The van der Waals surface area contributed by atoms with E-state index >= 15 is 0 Å². The van der Waals surface area contributed by atoms with Crippen molar-refractivity contribution in [3.8, 4) is 0 Å². The fraction of sp³-hybridized carbons (Fsp3) is 0.562. The maximum atomic E-state index is 12.3. The Hall–Kier alpha value is -1.55. The first kappa shape index (κ1) is 14.9. The molecule has 0 aromatic heterocycles. The third-order valence-electron chi connectivity index (χ3n) is 4.15. The lowest BCUT2D eigenvalue weighted by Gasteiger charge is -2.26. The number of carbonyl (C=O) groups excluding carboxylic acids is 1. The van der Waals surface area contributed by atoms with E-state index in [9.17, 15) is 4.79 Å². The third kappa shape index (κ3) is 3.51. The summed E-state index contributed by atoms with van der Waals surface area (Å²) in [5, 5.41) is 0. The maximum absolute atomic E-state index is 12.3. The van der Waals surface area contributed by atoms with Gasteiger partial charge in [-0.15, -0.1) is 0 Å². The molecular formula is C16H25N3O. The van der Waals surface area contributed by atoms with Crippen LogP contribution in [0.2, 0.25) is 0 Å². The van der Waals surface area contributed by atoms with E-state index in [-0.39, 0.29) is 5.91 Å². The van der Waals surface area contributed by atoms with Gasteiger partial charge in [-0.25, -0.2) is 0 Å². The first-order valence-electron chi connectivity index (χ1n) is 7.50. The molecule has 20 heavy (non-hydrogen) atoms. The quantitative estimate of drug-likeness (QED) is 0.833. The van der Waals surface area contributed by atoms with E-state index in [0.29, 0.717) is 12.5 Å². The molecule has 1 heterocycles. The fourth-order valence-corrected chi connectivity index (χ4v) is 3.00. The summed E-state index contributed by atoms with van der Waals surface area (Å²) in [6.07, 6.45) is 1.54. The zero-order chi connectivity index (χ0) is 14.5. The molecule has 1 amide bonds. The number of rotatable bonds is 5. The monoisotopic (exact) mass is 275 g/mol. The van der Waals surface area contributed by atoms with Crippen LogP contribution in [-0.4, -0.2) is 47.9 Å². The van der Waals surface area contributed by atoms with Gasteiger partial charge < -0.3 is 10.6 Å². The van der Waals surface area contributed by atoms with Crippen LogP contribution in [0.25, 0.3) is 0 Å². The van der Waals surface area contributed by atoms with E-state index in [4.69, 9.17) is 5.73 Å². The Morgan fingerprint density at radius 3 is 2.80 bits per heavy atom. The number of likely N-dealkylation sites (tertiary alicyclic amines) is 1. The lowest BCUT2D eigenvalue weighted by molar-refractivity contribution is -0.129. The highest BCUT2D eigenvalue weighted by atomic mass is 16.2. The molecule has 1 aromatic carbocycles. The second kappa shape index (κ2) is 6.75.